The Morgan fingerprint density at radius 1 is 1.00 bits per heavy atom. The Morgan fingerprint density at radius 3 is 2.61 bits per heavy atom. The first-order chi connectivity index (χ1) is 17.5. The first-order valence-corrected chi connectivity index (χ1v) is 11.1. The van der Waals surface area contributed by atoms with Crippen LogP contribution in [0.5, 0.6) is 0 Å². The topological polar surface area (TPSA) is 126 Å². The maximum Gasteiger partial charge on any atom is 0.200 e. The highest BCUT2D eigenvalue weighted by molar-refractivity contribution is 5.98. The van der Waals surface area contributed by atoms with Crippen LogP contribution in [0, 0.1) is 5.82 Å². The van der Waals surface area contributed by atoms with Gasteiger partial charge < -0.3 is 10.2 Å². The lowest BCUT2D eigenvalue weighted by Crippen LogP contribution is -2.16. The zero-order chi connectivity index (χ0) is 24.8. The largest absolute Gasteiger partial charge is 0.458 e. The monoisotopic (exact) mass is 479 g/mol. The third-order valence-corrected chi connectivity index (χ3v) is 6.04. The van der Waals surface area contributed by atoms with Crippen LogP contribution in [-0.4, -0.2) is 29.7 Å². The van der Waals surface area contributed by atoms with Crippen LogP contribution in [0.4, 0.5) is 10.2 Å². The molecule has 2 aromatic carbocycles. The van der Waals surface area contributed by atoms with E-state index >= 15 is 0 Å². The Hall–Kier alpha value is -4.99. The number of halogens is 1. The molecule has 4 aromatic heterocycles. The van der Waals surface area contributed by atoms with Gasteiger partial charge in [0.1, 0.15) is 47.4 Å². The Labute approximate surface area is 203 Å². The first-order valence-electron chi connectivity index (χ1n) is 11.1. The second-order valence-electron chi connectivity index (χ2n) is 8.23. The normalized spacial score (nSPS) is 12.3. The predicted molar refractivity (Wildman–Crippen MR) is 132 cm³/mol. The smallest absolute Gasteiger partial charge is 0.200 e. The van der Waals surface area contributed by atoms with Crippen molar-refractivity contribution >= 4 is 27.8 Å². The van der Waals surface area contributed by atoms with E-state index in [1.165, 1.54) is 24.8 Å². The molecule has 36 heavy (non-hydrogen) atoms. The van der Waals surface area contributed by atoms with Gasteiger partial charge in [0.05, 0.1) is 16.3 Å². The van der Waals surface area contributed by atoms with Crippen molar-refractivity contribution in [3.8, 4) is 22.4 Å². The number of hydrogen-bond donors (Lipinski definition) is 1. The van der Waals surface area contributed by atoms with Crippen molar-refractivity contribution in [3.05, 3.63) is 95.4 Å². The number of nitrogen functional groups attached to an aromatic ring is 1. The average molecular weight is 479 g/mol. The number of nitrogens with zero attached hydrogens (tertiary/aromatic N) is 6. The molecule has 0 fully saturated rings. The summed E-state index contributed by atoms with van der Waals surface area (Å²) in [6, 6.07) is 12.2. The van der Waals surface area contributed by atoms with Gasteiger partial charge >= 0.3 is 0 Å². The van der Waals surface area contributed by atoms with E-state index in [0.29, 0.717) is 44.6 Å². The van der Waals surface area contributed by atoms with Gasteiger partial charge in [0.2, 0.25) is 5.43 Å². The second-order valence-corrected chi connectivity index (χ2v) is 8.23. The van der Waals surface area contributed by atoms with Crippen molar-refractivity contribution in [1.29, 1.82) is 0 Å². The third kappa shape index (κ3) is 3.38. The number of para-hydroxylation sites is 1. The van der Waals surface area contributed by atoms with E-state index in [9.17, 15) is 9.18 Å². The summed E-state index contributed by atoms with van der Waals surface area (Å²) in [6.45, 7) is 1.83. The zero-order valence-corrected chi connectivity index (χ0v) is 19.0. The van der Waals surface area contributed by atoms with Crippen LogP contribution < -0.4 is 11.2 Å². The molecule has 0 saturated heterocycles. The highest BCUT2D eigenvalue weighted by Crippen LogP contribution is 2.36. The molecule has 0 aliphatic rings. The molecule has 176 valence electrons. The SMILES string of the molecule is CC(c1oc2ccccc2c(=O)c1-c1cccc(F)c1)n1nc(-c2cncnc2)c2c(N)ncnc21. The van der Waals surface area contributed by atoms with Crippen LogP contribution in [0.15, 0.2) is 82.8 Å². The number of nitrogens with two attached hydrogens (primary N) is 1. The highest BCUT2D eigenvalue weighted by Gasteiger charge is 2.27. The second kappa shape index (κ2) is 8.35. The Morgan fingerprint density at radius 2 is 1.81 bits per heavy atom. The maximum absolute atomic E-state index is 14.2. The van der Waals surface area contributed by atoms with Crippen molar-refractivity contribution < 1.29 is 8.81 Å². The van der Waals surface area contributed by atoms with Gasteiger partial charge in [0.15, 0.2) is 5.65 Å². The number of anilines is 1. The van der Waals surface area contributed by atoms with E-state index in [1.807, 2.05) is 6.92 Å². The lowest BCUT2D eigenvalue weighted by Gasteiger charge is -2.17. The van der Waals surface area contributed by atoms with E-state index in [-0.39, 0.29) is 16.8 Å². The van der Waals surface area contributed by atoms with E-state index in [0.717, 1.165) is 0 Å². The summed E-state index contributed by atoms with van der Waals surface area (Å²) < 4.78 is 22.1. The van der Waals surface area contributed by atoms with Crippen LogP contribution in [0.1, 0.15) is 18.7 Å². The number of aromatic nitrogens is 6. The minimum absolute atomic E-state index is 0.239. The first kappa shape index (κ1) is 21.5. The lowest BCUT2D eigenvalue weighted by atomic mass is 9.99. The molecule has 10 heteroatoms. The summed E-state index contributed by atoms with van der Waals surface area (Å²) in [5.41, 5.74) is 8.56. The van der Waals surface area contributed by atoms with Crippen molar-refractivity contribution in [3.63, 3.8) is 0 Å². The molecular weight excluding hydrogens is 461 g/mol. The minimum Gasteiger partial charge on any atom is -0.458 e. The van der Waals surface area contributed by atoms with Gasteiger partial charge in [-0.2, -0.15) is 5.10 Å². The van der Waals surface area contributed by atoms with Crippen molar-refractivity contribution in [1.82, 2.24) is 29.7 Å². The fraction of sp³-hybridized carbons (Fsp3) is 0.0769. The summed E-state index contributed by atoms with van der Waals surface area (Å²) in [4.78, 5) is 30.4. The predicted octanol–water partition coefficient (Wildman–Crippen LogP) is 4.39. The van der Waals surface area contributed by atoms with Crippen LogP contribution in [0.2, 0.25) is 0 Å². The molecule has 4 heterocycles. The standard InChI is InChI=1S/C26H18FN7O2/c1-14(34-26-21(25(28)31-13-32-26)22(33-34)16-10-29-12-30-11-16)24-20(15-5-4-6-17(27)9-15)23(35)18-7-2-3-8-19(18)36-24/h2-14H,1H3,(H2,28,31,32). The van der Waals surface area contributed by atoms with Crippen molar-refractivity contribution in [2.75, 3.05) is 5.73 Å². The molecule has 9 nitrogen and oxygen atoms in total. The molecule has 0 aliphatic heterocycles. The Bertz CT molecular complexity index is 1820. The number of rotatable bonds is 4. The van der Waals surface area contributed by atoms with Crippen LogP contribution in [-0.2, 0) is 0 Å². The van der Waals surface area contributed by atoms with Crippen LogP contribution >= 0.6 is 0 Å². The van der Waals surface area contributed by atoms with Gasteiger partial charge in [-0.25, -0.2) is 29.0 Å². The molecule has 0 bridgehead atoms. The Balaban J connectivity index is 1.65. The summed E-state index contributed by atoms with van der Waals surface area (Å²) in [7, 11) is 0. The van der Waals surface area contributed by atoms with Gasteiger partial charge in [-0.15, -0.1) is 0 Å². The molecule has 0 radical (unpaired) electrons. The van der Waals surface area contributed by atoms with Gasteiger partial charge in [-0.1, -0.05) is 24.3 Å². The van der Waals surface area contributed by atoms with Gasteiger partial charge in [-0.3, -0.25) is 4.79 Å². The van der Waals surface area contributed by atoms with E-state index < -0.39 is 11.9 Å². The molecular formula is C26H18FN7O2. The average Bonchev–Trinajstić information content (AvgIpc) is 3.30. The molecule has 6 aromatic rings. The molecule has 0 spiro atoms. The minimum atomic E-state index is -0.629. The van der Waals surface area contributed by atoms with Crippen molar-refractivity contribution in [2.45, 2.75) is 13.0 Å². The number of hydrogen-bond acceptors (Lipinski definition) is 8. The molecule has 0 saturated carbocycles. The fourth-order valence-electron chi connectivity index (χ4n) is 4.37. The lowest BCUT2D eigenvalue weighted by molar-refractivity contribution is 0.446. The maximum atomic E-state index is 14.2. The highest BCUT2D eigenvalue weighted by atomic mass is 19.1. The molecule has 2 N–H and O–H groups in total. The van der Waals surface area contributed by atoms with Crippen molar-refractivity contribution in [2.24, 2.45) is 0 Å². The Kier molecular flexibility index (Phi) is 4.99. The summed E-state index contributed by atoms with van der Waals surface area (Å²) >= 11 is 0. The number of benzene rings is 2. The van der Waals surface area contributed by atoms with Gasteiger partial charge in [0, 0.05) is 18.0 Å². The van der Waals surface area contributed by atoms with E-state index in [4.69, 9.17) is 15.2 Å². The third-order valence-electron chi connectivity index (χ3n) is 6.04. The van der Waals surface area contributed by atoms with Crippen LogP contribution in [0.25, 0.3) is 44.4 Å². The summed E-state index contributed by atoms with van der Waals surface area (Å²) in [5, 5.41) is 5.69. The molecule has 1 unspecified atom stereocenters. The summed E-state index contributed by atoms with van der Waals surface area (Å²) in [5.74, 6) is 0.0828. The quantitative estimate of drug-likeness (QED) is 0.395. The molecule has 0 amide bonds. The fourth-order valence-corrected chi connectivity index (χ4v) is 4.37. The molecule has 1 atom stereocenters. The molecule has 0 aliphatic carbocycles. The van der Waals surface area contributed by atoms with E-state index in [1.54, 1.807) is 53.5 Å². The van der Waals surface area contributed by atoms with Gasteiger partial charge in [-0.05, 0) is 36.8 Å². The molecule has 6 rings (SSSR count). The van der Waals surface area contributed by atoms with Crippen LogP contribution in [0.3, 0.4) is 0 Å². The summed E-state index contributed by atoms with van der Waals surface area (Å²) in [6.07, 6.45) is 5.99. The zero-order valence-electron chi connectivity index (χ0n) is 19.0. The number of fused-ring (bicyclic) bond motifs is 2. The van der Waals surface area contributed by atoms with Gasteiger partial charge in [0.25, 0.3) is 0 Å². The van der Waals surface area contributed by atoms with E-state index in [2.05, 4.69) is 19.9 Å².